The minimum atomic E-state index is 0.392. The van der Waals surface area contributed by atoms with Gasteiger partial charge >= 0.3 is 0 Å². The van der Waals surface area contributed by atoms with Gasteiger partial charge in [0.2, 0.25) is 0 Å². The third kappa shape index (κ3) is 7.22. The van der Waals surface area contributed by atoms with Crippen LogP contribution < -0.4 is 15.4 Å². The minimum absolute atomic E-state index is 0.392. The van der Waals surface area contributed by atoms with E-state index >= 15 is 0 Å². The van der Waals surface area contributed by atoms with Crippen molar-refractivity contribution in [2.24, 2.45) is 4.99 Å². The standard InChI is InChI=1S/C20H33N3O3/c1-4-21-20(22-10-9-18-6-5-11-25-18)23-15-17-8-7-16(2)14-19(17)26-13-12-24-3/h7-8,14,18H,4-6,9-13,15H2,1-3H3,(H2,21,22,23). The largest absolute Gasteiger partial charge is 0.491 e. The van der Waals surface area contributed by atoms with Crippen LogP contribution in [0.25, 0.3) is 0 Å². The summed E-state index contributed by atoms with van der Waals surface area (Å²) in [4.78, 5) is 4.71. The third-order valence-corrected chi connectivity index (χ3v) is 4.30. The summed E-state index contributed by atoms with van der Waals surface area (Å²) >= 11 is 0. The zero-order chi connectivity index (χ0) is 18.6. The molecule has 26 heavy (non-hydrogen) atoms. The molecule has 0 bridgehead atoms. The number of nitrogens with zero attached hydrogens (tertiary/aromatic N) is 1. The number of rotatable bonds is 10. The highest BCUT2D eigenvalue weighted by molar-refractivity contribution is 5.79. The van der Waals surface area contributed by atoms with E-state index in [0.717, 1.165) is 43.4 Å². The van der Waals surface area contributed by atoms with E-state index in [1.165, 1.54) is 18.4 Å². The van der Waals surface area contributed by atoms with E-state index in [1.807, 2.05) is 0 Å². The molecule has 0 aromatic heterocycles. The first-order valence-electron chi connectivity index (χ1n) is 9.58. The molecule has 1 heterocycles. The molecule has 146 valence electrons. The van der Waals surface area contributed by atoms with E-state index in [0.29, 0.717) is 25.9 Å². The van der Waals surface area contributed by atoms with Crippen LogP contribution in [0.1, 0.15) is 37.3 Å². The summed E-state index contributed by atoms with van der Waals surface area (Å²) in [5.74, 6) is 1.70. The van der Waals surface area contributed by atoms with Gasteiger partial charge in [-0.3, -0.25) is 0 Å². The number of nitrogens with one attached hydrogen (secondary N) is 2. The van der Waals surface area contributed by atoms with Crippen molar-refractivity contribution in [3.05, 3.63) is 29.3 Å². The van der Waals surface area contributed by atoms with E-state index < -0.39 is 0 Å². The predicted molar refractivity (Wildman–Crippen MR) is 105 cm³/mol. The summed E-state index contributed by atoms with van der Waals surface area (Å²) in [6.45, 7) is 8.41. The van der Waals surface area contributed by atoms with E-state index in [-0.39, 0.29) is 0 Å². The summed E-state index contributed by atoms with van der Waals surface area (Å²) in [5.41, 5.74) is 2.25. The Hall–Kier alpha value is -1.79. The molecule has 1 fully saturated rings. The van der Waals surface area contributed by atoms with Gasteiger partial charge in [-0.1, -0.05) is 12.1 Å². The Morgan fingerprint density at radius 3 is 2.92 bits per heavy atom. The Bertz CT molecular complexity index is 557. The molecule has 0 radical (unpaired) electrons. The number of benzene rings is 1. The molecule has 0 aliphatic carbocycles. The van der Waals surface area contributed by atoms with Crippen LogP contribution in [0.3, 0.4) is 0 Å². The quantitative estimate of drug-likeness (QED) is 0.380. The summed E-state index contributed by atoms with van der Waals surface area (Å²) in [7, 11) is 1.68. The first kappa shape index (κ1) is 20.5. The monoisotopic (exact) mass is 363 g/mol. The molecule has 6 heteroatoms. The lowest BCUT2D eigenvalue weighted by molar-refractivity contribution is 0.105. The molecule has 2 rings (SSSR count). The van der Waals surface area contributed by atoms with Crippen LogP contribution in [-0.4, -0.2) is 52.1 Å². The first-order chi connectivity index (χ1) is 12.7. The van der Waals surface area contributed by atoms with Crippen molar-refractivity contribution in [2.45, 2.75) is 45.8 Å². The van der Waals surface area contributed by atoms with E-state index in [2.05, 4.69) is 42.7 Å². The Morgan fingerprint density at radius 1 is 1.31 bits per heavy atom. The topological polar surface area (TPSA) is 64.1 Å². The van der Waals surface area contributed by atoms with Crippen LogP contribution in [-0.2, 0) is 16.0 Å². The van der Waals surface area contributed by atoms with Gasteiger partial charge in [-0.05, 0) is 44.7 Å². The number of aliphatic imine (C=N–C) groups is 1. The number of hydrogen-bond acceptors (Lipinski definition) is 4. The molecule has 0 saturated carbocycles. The Balaban J connectivity index is 1.91. The summed E-state index contributed by atoms with van der Waals surface area (Å²) in [6.07, 6.45) is 3.75. The molecule has 1 aromatic carbocycles. The summed E-state index contributed by atoms with van der Waals surface area (Å²) in [5, 5.41) is 6.70. The maximum absolute atomic E-state index is 5.85. The fourth-order valence-electron chi connectivity index (χ4n) is 2.89. The third-order valence-electron chi connectivity index (χ3n) is 4.30. The lowest BCUT2D eigenvalue weighted by Gasteiger charge is -2.15. The van der Waals surface area contributed by atoms with Gasteiger partial charge < -0.3 is 24.8 Å². The van der Waals surface area contributed by atoms with Crippen LogP contribution in [0, 0.1) is 6.92 Å². The molecule has 1 unspecified atom stereocenters. The smallest absolute Gasteiger partial charge is 0.191 e. The number of aryl methyl sites for hydroxylation is 1. The van der Waals surface area contributed by atoms with Crippen LogP contribution in [0.4, 0.5) is 0 Å². The predicted octanol–water partition coefficient (Wildman–Crippen LogP) is 2.64. The van der Waals surface area contributed by atoms with Crippen molar-refractivity contribution >= 4 is 5.96 Å². The molecule has 0 amide bonds. The fourth-order valence-corrected chi connectivity index (χ4v) is 2.89. The zero-order valence-corrected chi connectivity index (χ0v) is 16.3. The molecule has 6 nitrogen and oxygen atoms in total. The molecular weight excluding hydrogens is 330 g/mol. The SMILES string of the molecule is CCNC(=NCc1ccc(C)cc1OCCOC)NCCC1CCCO1. The van der Waals surface area contributed by atoms with Gasteiger partial charge in [-0.25, -0.2) is 4.99 Å². The number of ether oxygens (including phenoxy) is 3. The molecule has 0 spiro atoms. The maximum Gasteiger partial charge on any atom is 0.191 e. The number of guanidine groups is 1. The van der Waals surface area contributed by atoms with Crippen LogP contribution >= 0.6 is 0 Å². The molecular formula is C20H33N3O3. The van der Waals surface area contributed by atoms with E-state index in [1.54, 1.807) is 7.11 Å². The van der Waals surface area contributed by atoms with Gasteiger partial charge in [0.1, 0.15) is 12.4 Å². The van der Waals surface area contributed by atoms with E-state index in [9.17, 15) is 0 Å². The first-order valence-corrected chi connectivity index (χ1v) is 9.58. The molecule has 1 saturated heterocycles. The fraction of sp³-hybridized carbons (Fsp3) is 0.650. The number of hydrogen-bond donors (Lipinski definition) is 2. The van der Waals surface area contributed by atoms with E-state index in [4.69, 9.17) is 19.2 Å². The van der Waals surface area contributed by atoms with Gasteiger partial charge in [0.05, 0.1) is 19.3 Å². The summed E-state index contributed by atoms with van der Waals surface area (Å²) in [6, 6.07) is 6.22. The average molecular weight is 364 g/mol. The van der Waals surface area contributed by atoms with Crippen LogP contribution in [0.15, 0.2) is 23.2 Å². The highest BCUT2D eigenvalue weighted by atomic mass is 16.5. The van der Waals surface area contributed by atoms with Crippen molar-refractivity contribution in [2.75, 3.05) is 40.0 Å². The normalized spacial score (nSPS) is 17.3. The second kappa shape index (κ2) is 11.8. The molecule has 1 aliphatic rings. The van der Waals surface area contributed by atoms with Crippen molar-refractivity contribution in [1.29, 1.82) is 0 Å². The summed E-state index contributed by atoms with van der Waals surface area (Å²) < 4.78 is 16.6. The lowest BCUT2D eigenvalue weighted by Crippen LogP contribution is -2.38. The van der Waals surface area contributed by atoms with Gasteiger partial charge in [-0.15, -0.1) is 0 Å². The average Bonchev–Trinajstić information content (AvgIpc) is 3.14. The minimum Gasteiger partial charge on any atom is -0.491 e. The molecule has 1 atom stereocenters. The van der Waals surface area contributed by atoms with Crippen LogP contribution in [0.2, 0.25) is 0 Å². The van der Waals surface area contributed by atoms with Crippen molar-refractivity contribution in [3.63, 3.8) is 0 Å². The van der Waals surface area contributed by atoms with Gasteiger partial charge in [0, 0.05) is 32.4 Å². The second-order valence-corrected chi connectivity index (χ2v) is 6.50. The second-order valence-electron chi connectivity index (χ2n) is 6.50. The zero-order valence-electron chi connectivity index (χ0n) is 16.3. The molecule has 2 N–H and O–H groups in total. The molecule has 1 aliphatic heterocycles. The van der Waals surface area contributed by atoms with Crippen molar-refractivity contribution in [1.82, 2.24) is 10.6 Å². The highest BCUT2D eigenvalue weighted by Gasteiger charge is 2.14. The van der Waals surface area contributed by atoms with Crippen molar-refractivity contribution < 1.29 is 14.2 Å². The number of methoxy groups -OCH3 is 1. The molecule has 1 aromatic rings. The highest BCUT2D eigenvalue weighted by Crippen LogP contribution is 2.21. The Labute approximate surface area is 157 Å². The maximum atomic E-state index is 5.85. The lowest BCUT2D eigenvalue weighted by atomic mass is 10.1. The van der Waals surface area contributed by atoms with Crippen molar-refractivity contribution in [3.8, 4) is 5.75 Å². The Kier molecular flexibility index (Phi) is 9.28. The van der Waals surface area contributed by atoms with Gasteiger partial charge in [-0.2, -0.15) is 0 Å². The van der Waals surface area contributed by atoms with Gasteiger partial charge in [0.25, 0.3) is 0 Å². The Morgan fingerprint density at radius 2 is 2.19 bits per heavy atom. The van der Waals surface area contributed by atoms with Gasteiger partial charge in [0.15, 0.2) is 5.96 Å². The van der Waals surface area contributed by atoms with Crippen LogP contribution in [0.5, 0.6) is 5.75 Å².